The summed E-state index contributed by atoms with van der Waals surface area (Å²) >= 11 is 0. The van der Waals surface area contributed by atoms with Crippen molar-refractivity contribution in [3.05, 3.63) is 23.3 Å². The Morgan fingerprint density at radius 2 is 2.36 bits per heavy atom. The number of ether oxygens (including phenoxy) is 1. The second kappa shape index (κ2) is 3.72. The minimum atomic E-state index is 0.324. The summed E-state index contributed by atoms with van der Waals surface area (Å²) in [5.74, 6) is 0. The standard InChI is InChI=1S/C10H16O/c1-8(2)6-10-7-9(3)4-5-11-10/h4,6,10H,5,7H2,1-3H3/t10-/m1/s1. The van der Waals surface area contributed by atoms with E-state index < -0.39 is 0 Å². The molecule has 0 saturated heterocycles. The smallest absolute Gasteiger partial charge is 0.0799 e. The summed E-state index contributed by atoms with van der Waals surface area (Å²) in [7, 11) is 0. The minimum Gasteiger partial charge on any atom is -0.370 e. The zero-order valence-electron chi connectivity index (χ0n) is 7.55. The number of rotatable bonds is 1. The molecule has 0 aromatic rings. The third kappa shape index (κ3) is 2.89. The van der Waals surface area contributed by atoms with Crippen LogP contribution >= 0.6 is 0 Å². The Morgan fingerprint density at radius 3 is 2.91 bits per heavy atom. The van der Waals surface area contributed by atoms with Crippen LogP contribution in [0.2, 0.25) is 0 Å². The van der Waals surface area contributed by atoms with Gasteiger partial charge in [0.25, 0.3) is 0 Å². The molecule has 0 aliphatic carbocycles. The molecule has 1 aliphatic heterocycles. The lowest BCUT2D eigenvalue weighted by Crippen LogP contribution is -2.15. The lowest BCUT2D eigenvalue weighted by atomic mass is 10.1. The summed E-state index contributed by atoms with van der Waals surface area (Å²) in [4.78, 5) is 0. The average Bonchev–Trinajstić information content (AvgIpc) is 1.85. The Labute approximate surface area is 68.8 Å². The quantitative estimate of drug-likeness (QED) is 0.525. The van der Waals surface area contributed by atoms with E-state index in [0.29, 0.717) is 6.10 Å². The van der Waals surface area contributed by atoms with Crippen molar-refractivity contribution in [2.45, 2.75) is 33.3 Å². The Hall–Kier alpha value is -0.560. The second-order valence-electron chi connectivity index (χ2n) is 3.37. The maximum absolute atomic E-state index is 5.51. The summed E-state index contributed by atoms with van der Waals surface area (Å²) < 4.78 is 5.51. The van der Waals surface area contributed by atoms with Crippen molar-refractivity contribution in [3.63, 3.8) is 0 Å². The van der Waals surface area contributed by atoms with Crippen molar-refractivity contribution >= 4 is 0 Å². The van der Waals surface area contributed by atoms with Crippen molar-refractivity contribution in [1.29, 1.82) is 0 Å². The monoisotopic (exact) mass is 152 g/mol. The van der Waals surface area contributed by atoms with Crippen LogP contribution in [-0.2, 0) is 4.74 Å². The summed E-state index contributed by atoms with van der Waals surface area (Å²) in [6, 6.07) is 0. The van der Waals surface area contributed by atoms with Gasteiger partial charge in [0.05, 0.1) is 12.7 Å². The van der Waals surface area contributed by atoms with Gasteiger partial charge in [0.15, 0.2) is 0 Å². The number of allylic oxidation sites excluding steroid dienone is 1. The van der Waals surface area contributed by atoms with Crippen LogP contribution in [0.3, 0.4) is 0 Å². The van der Waals surface area contributed by atoms with Gasteiger partial charge in [-0.25, -0.2) is 0 Å². The van der Waals surface area contributed by atoms with Crippen LogP contribution in [0, 0.1) is 0 Å². The average molecular weight is 152 g/mol. The van der Waals surface area contributed by atoms with E-state index in [9.17, 15) is 0 Å². The highest BCUT2D eigenvalue weighted by molar-refractivity contribution is 5.09. The molecule has 0 aromatic carbocycles. The van der Waals surface area contributed by atoms with E-state index in [1.54, 1.807) is 0 Å². The van der Waals surface area contributed by atoms with E-state index in [-0.39, 0.29) is 0 Å². The Bertz CT molecular complexity index is 185. The second-order valence-corrected chi connectivity index (χ2v) is 3.37. The van der Waals surface area contributed by atoms with Gasteiger partial charge in [-0.15, -0.1) is 0 Å². The first-order valence-corrected chi connectivity index (χ1v) is 4.11. The van der Waals surface area contributed by atoms with Crippen molar-refractivity contribution in [1.82, 2.24) is 0 Å². The topological polar surface area (TPSA) is 9.23 Å². The van der Waals surface area contributed by atoms with E-state index in [1.807, 2.05) is 0 Å². The molecule has 0 radical (unpaired) electrons. The summed E-state index contributed by atoms with van der Waals surface area (Å²) in [6.07, 6.45) is 5.72. The van der Waals surface area contributed by atoms with Gasteiger partial charge < -0.3 is 4.74 Å². The molecular formula is C10H16O. The largest absolute Gasteiger partial charge is 0.370 e. The van der Waals surface area contributed by atoms with E-state index in [2.05, 4.69) is 32.9 Å². The lowest BCUT2D eigenvalue weighted by Gasteiger charge is -2.19. The molecule has 11 heavy (non-hydrogen) atoms. The fourth-order valence-corrected chi connectivity index (χ4v) is 1.25. The lowest BCUT2D eigenvalue weighted by molar-refractivity contribution is 0.0983. The minimum absolute atomic E-state index is 0.324. The van der Waals surface area contributed by atoms with Gasteiger partial charge in [-0.2, -0.15) is 0 Å². The van der Waals surface area contributed by atoms with Crippen LogP contribution < -0.4 is 0 Å². The molecule has 1 rings (SSSR count). The summed E-state index contributed by atoms with van der Waals surface area (Å²) in [5, 5.41) is 0. The predicted octanol–water partition coefficient (Wildman–Crippen LogP) is 2.69. The Morgan fingerprint density at radius 1 is 1.64 bits per heavy atom. The molecule has 0 N–H and O–H groups in total. The molecule has 0 saturated carbocycles. The molecule has 0 unspecified atom stereocenters. The van der Waals surface area contributed by atoms with E-state index >= 15 is 0 Å². The van der Waals surface area contributed by atoms with Gasteiger partial charge in [0.1, 0.15) is 0 Å². The van der Waals surface area contributed by atoms with Crippen molar-refractivity contribution < 1.29 is 4.74 Å². The number of hydrogen-bond donors (Lipinski definition) is 0. The van der Waals surface area contributed by atoms with Gasteiger partial charge in [0, 0.05) is 0 Å². The Balaban J connectivity index is 2.51. The highest BCUT2D eigenvalue weighted by Crippen LogP contribution is 2.15. The molecule has 0 spiro atoms. The maximum atomic E-state index is 5.51. The van der Waals surface area contributed by atoms with Crippen LogP contribution in [0.15, 0.2) is 23.3 Å². The maximum Gasteiger partial charge on any atom is 0.0799 e. The molecule has 0 fully saturated rings. The van der Waals surface area contributed by atoms with Gasteiger partial charge in [-0.3, -0.25) is 0 Å². The molecule has 1 nitrogen and oxygen atoms in total. The fraction of sp³-hybridized carbons (Fsp3) is 0.600. The normalized spacial score (nSPS) is 24.3. The first-order chi connectivity index (χ1) is 5.18. The number of hydrogen-bond acceptors (Lipinski definition) is 1. The molecule has 1 aliphatic rings. The zero-order valence-corrected chi connectivity index (χ0v) is 7.55. The van der Waals surface area contributed by atoms with Crippen LogP contribution in [0.4, 0.5) is 0 Å². The molecule has 1 atom stereocenters. The van der Waals surface area contributed by atoms with E-state index in [1.165, 1.54) is 11.1 Å². The van der Waals surface area contributed by atoms with Crippen LogP contribution in [0.25, 0.3) is 0 Å². The highest BCUT2D eigenvalue weighted by atomic mass is 16.5. The van der Waals surface area contributed by atoms with Crippen molar-refractivity contribution in [2.75, 3.05) is 6.61 Å². The van der Waals surface area contributed by atoms with Gasteiger partial charge in [-0.05, 0) is 27.2 Å². The first-order valence-electron chi connectivity index (χ1n) is 4.11. The predicted molar refractivity (Wildman–Crippen MR) is 47.5 cm³/mol. The summed E-state index contributed by atoms with van der Waals surface area (Å²) in [5.41, 5.74) is 2.78. The van der Waals surface area contributed by atoms with Crippen molar-refractivity contribution in [2.24, 2.45) is 0 Å². The molecule has 0 bridgehead atoms. The van der Waals surface area contributed by atoms with E-state index in [4.69, 9.17) is 4.74 Å². The third-order valence-electron chi connectivity index (χ3n) is 1.78. The zero-order chi connectivity index (χ0) is 8.27. The molecule has 1 heteroatoms. The molecule has 0 aromatic heterocycles. The first kappa shape index (κ1) is 8.54. The van der Waals surface area contributed by atoms with Gasteiger partial charge >= 0.3 is 0 Å². The highest BCUT2D eigenvalue weighted by Gasteiger charge is 2.09. The van der Waals surface area contributed by atoms with Gasteiger partial charge in [-0.1, -0.05) is 23.3 Å². The van der Waals surface area contributed by atoms with Crippen LogP contribution in [0.1, 0.15) is 27.2 Å². The molecule has 0 amide bonds. The van der Waals surface area contributed by atoms with Crippen molar-refractivity contribution in [3.8, 4) is 0 Å². The van der Waals surface area contributed by atoms with Crippen LogP contribution in [-0.4, -0.2) is 12.7 Å². The molecular weight excluding hydrogens is 136 g/mol. The van der Waals surface area contributed by atoms with E-state index in [0.717, 1.165) is 13.0 Å². The summed E-state index contributed by atoms with van der Waals surface area (Å²) in [6.45, 7) is 7.16. The van der Waals surface area contributed by atoms with Gasteiger partial charge in [0.2, 0.25) is 0 Å². The fourth-order valence-electron chi connectivity index (χ4n) is 1.25. The third-order valence-corrected chi connectivity index (χ3v) is 1.78. The Kier molecular flexibility index (Phi) is 2.89. The molecule has 62 valence electrons. The SMILES string of the molecule is CC(C)=C[C@@H]1CC(C)=CCO1. The molecule has 1 heterocycles. The van der Waals surface area contributed by atoms with Crippen LogP contribution in [0.5, 0.6) is 0 Å².